The Morgan fingerprint density at radius 2 is 2.16 bits per heavy atom. The third-order valence-corrected chi connectivity index (χ3v) is 3.79. The summed E-state index contributed by atoms with van der Waals surface area (Å²) in [6.45, 7) is 1.43. The molecule has 2 rings (SSSR count). The third-order valence-electron chi connectivity index (χ3n) is 3.79. The molecule has 0 aliphatic heterocycles. The van der Waals surface area contributed by atoms with Gasteiger partial charge >= 0.3 is 0 Å². The lowest BCUT2D eigenvalue weighted by Crippen LogP contribution is -2.32. The highest BCUT2D eigenvalue weighted by atomic mass is 16.1. The first-order valence-corrected chi connectivity index (χ1v) is 7.15. The molecule has 19 heavy (non-hydrogen) atoms. The van der Waals surface area contributed by atoms with Crippen molar-refractivity contribution in [3.05, 3.63) is 30.1 Å². The third kappa shape index (κ3) is 4.03. The summed E-state index contributed by atoms with van der Waals surface area (Å²) in [5.74, 6) is 0.152. The van der Waals surface area contributed by atoms with Crippen molar-refractivity contribution in [3.63, 3.8) is 0 Å². The summed E-state index contributed by atoms with van der Waals surface area (Å²) in [7, 11) is 0. The van der Waals surface area contributed by atoms with Gasteiger partial charge in [0.25, 0.3) is 0 Å². The maximum absolute atomic E-state index is 11.7. The van der Waals surface area contributed by atoms with Crippen LogP contribution in [0.15, 0.2) is 24.4 Å². The van der Waals surface area contributed by atoms with Gasteiger partial charge in [0.05, 0.1) is 0 Å². The van der Waals surface area contributed by atoms with Crippen molar-refractivity contribution in [2.75, 3.05) is 13.1 Å². The zero-order valence-corrected chi connectivity index (χ0v) is 11.4. The van der Waals surface area contributed by atoms with E-state index < -0.39 is 0 Å². The lowest BCUT2D eigenvalue weighted by molar-refractivity contribution is -0.121. The lowest BCUT2D eigenvalue weighted by Gasteiger charge is -2.15. The number of pyridine rings is 1. The fourth-order valence-electron chi connectivity index (χ4n) is 2.31. The minimum atomic E-state index is 0.105. The second kappa shape index (κ2) is 6.66. The SMILES string of the molecule is NCCCCCC(=O)NCC1(c2ccccn2)CC1. The van der Waals surface area contributed by atoms with E-state index in [0.717, 1.165) is 44.3 Å². The predicted octanol–water partition coefficient (Wildman–Crippen LogP) is 1.75. The van der Waals surface area contributed by atoms with Crippen molar-refractivity contribution in [1.82, 2.24) is 10.3 Å². The highest BCUT2D eigenvalue weighted by molar-refractivity contribution is 5.76. The van der Waals surface area contributed by atoms with Gasteiger partial charge < -0.3 is 11.1 Å². The number of aromatic nitrogens is 1. The Hall–Kier alpha value is -1.42. The lowest BCUT2D eigenvalue weighted by atomic mass is 10.0. The molecule has 104 valence electrons. The molecule has 1 saturated carbocycles. The molecule has 1 aromatic heterocycles. The molecule has 1 aromatic rings. The van der Waals surface area contributed by atoms with Gasteiger partial charge in [0.2, 0.25) is 5.91 Å². The molecule has 0 aromatic carbocycles. The number of hydrogen-bond donors (Lipinski definition) is 2. The number of rotatable bonds is 8. The van der Waals surface area contributed by atoms with Gasteiger partial charge in [0.15, 0.2) is 0 Å². The van der Waals surface area contributed by atoms with Gasteiger partial charge in [-0.25, -0.2) is 0 Å². The van der Waals surface area contributed by atoms with Crippen molar-refractivity contribution >= 4 is 5.91 Å². The van der Waals surface area contributed by atoms with E-state index in [1.54, 1.807) is 0 Å². The highest BCUT2D eigenvalue weighted by Gasteiger charge is 2.45. The minimum absolute atomic E-state index is 0.105. The maximum Gasteiger partial charge on any atom is 0.220 e. The van der Waals surface area contributed by atoms with Crippen LogP contribution < -0.4 is 11.1 Å². The van der Waals surface area contributed by atoms with E-state index in [1.807, 2.05) is 18.3 Å². The van der Waals surface area contributed by atoms with E-state index in [1.165, 1.54) is 0 Å². The van der Waals surface area contributed by atoms with Crippen LogP contribution in [0.25, 0.3) is 0 Å². The van der Waals surface area contributed by atoms with Gasteiger partial charge in [-0.2, -0.15) is 0 Å². The first-order valence-electron chi connectivity index (χ1n) is 7.15. The van der Waals surface area contributed by atoms with Crippen molar-refractivity contribution in [2.45, 2.75) is 43.9 Å². The van der Waals surface area contributed by atoms with Gasteiger partial charge in [-0.3, -0.25) is 9.78 Å². The van der Waals surface area contributed by atoms with E-state index in [0.29, 0.717) is 13.0 Å². The number of hydrogen-bond acceptors (Lipinski definition) is 3. The van der Waals surface area contributed by atoms with Crippen LogP contribution >= 0.6 is 0 Å². The number of carbonyl (C=O) groups excluding carboxylic acids is 1. The Bertz CT molecular complexity index is 401. The number of unbranched alkanes of at least 4 members (excludes halogenated alkanes) is 2. The van der Waals surface area contributed by atoms with Gasteiger partial charge in [-0.1, -0.05) is 12.5 Å². The van der Waals surface area contributed by atoms with Gasteiger partial charge in [-0.15, -0.1) is 0 Å². The molecule has 1 heterocycles. The summed E-state index contributed by atoms with van der Waals surface area (Å²) in [6, 6.07) is 5.99. The standard InChI is InChI=1S/C15H23N3O/c16-10-4-1-2-7-14(19)18-12-15(8-9-15)13-6-3-5-11-17-13/h3,5-6,11H,1-2,4,7-10,12,16H2,(H,18,19). The second-order valence-corrected chi connectivity index (χ2v) is 5.37. The Morgan fingerprint density at radius 3 is 2.79 bits per heavy atom. The summed E-state index contributed by atoms with van der Waals surface area (Å²) in [5.41, 5.74) is 6.64. The van der Waals surface area contributed by atoms with Crippen LogP contribution in [0.3, 0.4) is 0 Å². The van der Waals surface area contributed by atoms with E-state index >= 15 is 0 Å². The Kier molecular flexibility index (Phi) is 4.91. The molecule has 0 radical (unpaired) electrons. The molecule has 0 saturated heterocycles. The van der Waals surface area contributed by atoms with Crippen LogP contribution in [0.2, 0.25) is 0 Å². The number of nitrogens with zero attached hydrogens (tertiary/aromatic N) is 1. The molecule has 4 nitrogen and oxygen atoms in total. The Morgan fingerprint density at radius 1 is 1.32 bits per heavy atom. The number of carbonyl (C=O) groups is 1. The first-order chi connectivity index (χ1) is 9.27. The molecule has 1 aliphatic rings. The van der Waals surface area contributed by atoms with E-state index in [-0.39, 0.29) is 11.3 Å². The smallest absolute Gasteiger partial charge is 0.220 e. The molecule has 0 unspecified atom stereocenters. The summed E-state index contributed by atoms with van der Waals surface area (Å²) in [6.07, 6.45) is 7.65. The van der Waals surface area contributed by atoms with Gasteiger partial charge in [0, 0.05) is 30.3 Å². The average molecular weight is 261 g/mol. The van der Waals surface area contributed by atoms with Crippen LogP contribution in [0.4, 0.5) is 0 Å². The minimum Gasteiger partial charge on any atom is -0.355 e. The maximum atomic E-state index is 11.7. The molecular weight excluding hydrogens is 238 g/mol. The predicted molar refractivity (Wildman–Crippen MR) is 75.7 cm³/mol. The summed E-state index contributed by atoms with van der Waals surface area (Å²) in [4.78, 5) is 16.2. The van der Waals surface area contributed by atoms with Crippen LogP contribution in [0.1, 0.15) is 44.2 Å². The highest BCUT2D eigenvalue weighted by Crippen LogP contribution is 2.46. The monoisotopic (exact) mass is 261 g/mol. The quantitative estimate of drug-likeness (QED) is 0.700. The molecule has 1 aliphatic carbocycles. The van der Waals surface area contributed by atoms with Crippen LogP contribution in [-0.2, 0) is 10.2 Å². The zero-order valence-electron chi connectivity index (χ0n) is 11.4. The topological polar surface area (TPSA) is 68.0 Å². The fourth-order valence-corrected chi connectivity index (χ4v) is 2.31. The Balaban J connectivity index is 1.72. The van der Waals surface area contributed by atoms with Crippen molar-refractivity contribution in [2.24, 2.45) is 5.73 Å². The van der Waals surface area contributed by atoms with Crippen LogP contribution in [0, 0.1) is 0 Å². The molecule has 0 bridgehead atoms. The normalized spacial score (nSPS) is 16.1. The van der Waals surface area contributed by atoms with Crippen LogP contribution in [0.5, 0.6) is 0 Å². The van der Waals surface area contributed by atoms with Crippen molar-refractivity contribution in [1.29, 1.82) is 0 Å². The molecule has 0 spiro atoms. The van der Waals surface area contributed by atoms with E-state index in [2.05, 4.69) is 16.4 Å². The Labute approximate surface area is 114 Å². The molecule has 3 N–H and O–H groups in total. The fraction of sp³-hybridized carbons (Fsp3) is 0.600. The number of nitrogens with one attached hydrogen (secondary N) is 1. The molecular formula is C15H23N3O. The number of nitrogens with two attached hydrogens (primary N) is 1. The average Bonchev–Trinajstić information content (AvgIpc) is 3.24. The van der Waals surface area contributed by atoms with Gasteiger partial charge in [0.1, 0.15) is 0 Å². The molecule has 0 atom stereocenters. The van der Waals surface area contributed by atoms with Crippen molar-refractivity contribution in [3.8, 4) is 0 Å². The molecule has 1 amide bonds. The van der Waals surface area contributed by atoms with Crippen LogP contribution in [-0.4, -0.2) is 24.0 Å². The second-order valence-electron chi connectivity index (χ2n) is 5.37. The number of amides is 1. The van der Waals surface area contributed by atoms with Gasteiger partial charge in [-0.05, 0) is 44.4 Å². The van der Waals surface area contributed by atoms with Crippen molar-refractivity contribution < 1.29 is 4.79 Å². The van der Waals surface area contributed by atoms with E-state index in [9.17, 15) is 4.79 Å². The largest absolute Gasteiger partial charge is 0.355 e. The van der Waals surface area contributed by atoms with E-state index in [4.69, 9.17) is 5.73 Å². The molecule has 1 fully saturated rings. The molecule has 4 heteroatoms. The zero-order chi connectivity index (χ0) is 13.6. The summed E-state index contributed by atoms with van der Waals surface area (Å²) in [5, 5.41) is 3.05. The summed E-state index contributed by atoms with van der Waals surface area (Å²) >= 11 is 0. The first kappa shape index (κ1) is 14.0. The summed E-state index contributed by atoms with van der Waals surface area (Å²) < 4.78 is 0.